The number of allylic oxidation sites excluding steroid dienone is 1. The first-order valence-electron chi connectivity index (χ1n) is 8.94. The summed E-state index contributed by atoms with van der Waals surface area (Å²) in [5, 5.41) is 12.0. The largest absolute Gasteiger partial charge is 0.457 e. The molecule has 4 rings (SSSR count). The van der Waals surface area contributed by atoms with Gasteiger partial charge >= 0.3 is 6.18 Å². The molecule has 0 bridgehead atoms. The second kappa shape index (κ2) is 8.53. The number of alkyl halides is 3. The Morgan fingerprint density at radius 1 is 1.06 bits per heavy atom. The van der Waals surface area contributed by atoms with Crippen LogP contribution in [0.15, 0.2) is 74.9 Å². The highest BCUT2D eigenvalue weighted by Gasteiger charge is 2.30. The van der Waals surface area contributed by atoms with Crippen molar-refractivity contribution in [3.05, 3.63) is 86.8 Å². The fourth-order valence-electron chi connectivity index (χ4n) is 2.87. The lowest BCUT2D eigenvalue weighted by molar-refractivity contribution is -0.137. The Morgan fingerprint density at radius 2 is 1.84 bits per heavy atom. The van der Waals surface area contributed by atoms with E-state index in [1.807, 2.05) is 29.6 Å². The summed E-state index contributed by atoms with van der Waals surface area (Å²) in [6.07, 6.45) is -2.90. The number of rotatable bonds is 4. The van der Waals surface area contributed by atoms with Gasteiger partial charge in [-0.1, -0.05) is 40.2 Å². The van der Waals surface area contributed by atoms with Gasteiger partial charge in [0.05, 0.1) is 16.8 Å². The van der Waals surface area contributed by atoms with E-state index in [1.165, 1.54) is 29.5 Å². The molecule has 2 aromatic carbocycles. The fraction of sp³-hybridized carbons (Fsp3) is 0.0435. The summed E-state index contributed by atoms with van der Waals surface area (Å²) in [6.45, 7) is 0. The molecule has 0 N–H and O–H groups in total. The number of halogens is 4. The molecule has 0 saturated heterocycles. The van der Waals surface area contributed by atoms with Gasteiger partial charge < -0.3 is 4.42 Å². The smallest absolute Gasteiger partial charge is 0.416 e. The maximum Gasteiger partial charge on any atom is 0.416 e. The second-order valence-electron chi connectivity index (χ2n) is 6.50. The van der Waals surface area contributed by atoms with Gasteiger partial charge in [0.2, 0.25) is 0 Å². The van der Waals surface area contributed by atoms with Crippen LogP contribution in [-0.4, -0.2) is 4.98 Å². The van der Waals surface area contributed by atoms with Crippen LogP contribution in [0.3, 0.4) is 0 Å². The van der Waals surface area contributed by atoms with Crippen LogP contribution in [0.2, 0.25) is 0 Å². The quantitative estimate of drug-likeness (QED) is 0.267. The number of thiazole rings is 1. The topological polar surface area (TPSA) is 49.8 Å². The molecule has 0 spiro atoms. The molecule has 0 atom stereocenters. The van der Waals surface area contributed by atoms with Gasteiger partial charge in [0.1, 0.15) is 22.6 Å². The predicted molar refractivity (Wildman–Crippen MR) is 118 cm³/mol. The lowest BCUT2D eigenvalue weighted by Gasteiger charge is -2.07. The van der Waals surface area contributed by atoms with E-state index in [0.717, 1.165) is 27.9 Å². The lowest BCUT2D eigenvalue weighted by Crippen LogP contribution is -2.04. The molecular weight excluding hydrogens is 489 g/mol. The van der Waals surface area contributed by atoms with Crippen molar-refractivity contribution in [3.8, 4) is 28.7 Å². The van der Waals surface area contributed by atoms with Crippen LogP contribution in [-0.2, 0) is 6.18 Å². The molecular formula is C23H12BrF3N2OS. The van der Waals surface area contributed by atoms with Crippen molar-refractivity contribution in [1.29, 1.82) is 5.26 Å². The molecule has 2 heterocycles. The number of aromatic nitrogens is 1. The number of nitriles is 1. The van der Waals surface area contributed by atoms with Crippen molar-refractivity contribution in [1.82, 2.24) is 4.98 Å². The van der Waals surface area contributed by atoms with Crippen LogP contribution in [0, 0.1) is 11.3 Å². The molecule has 0 unspecified atom stereocenters. The van der Waals surface area contributed by atoms with Gasteiger partial charge in [-0.25, -0.2) is 4.98 Å². The first kappa shape index (κ1) is 21.1. The number of hydrogen-bond acceptors (Lipinski definition) is 4. The minimum atomic E-state index is -4.43. The molecule has 0 fully saturated rings. The Labute approximate surface area is 188 Å². The van der Waals surface area contributed by atoms with Crippen LogP contribution in [0.1, 0.15) is 16.3 Å². The van der Waals surface area contributed by atoms with Gasteiger partial charge in [0, 0.05) is 27.1 Å². The van der Waals surface area contributed by atoms with Gasteiger partial charge in [-0.3, -0.25) is 0 Å². The zero-order valence-electron chi connectivity index (χ0n) is 15.7. The Kier molecular flexibility index (Phi) is 5.81. The third-order valence-electron chi connectivity index (χ3n) is 4.38. The van der Waals surface area contributed by atoms with Gasteiger partial charge in [0.25, 0.3) is 0 Å². The summed E-state index contributed by atoms with van der Waals surface area (Å²) in [7, 11) is 0. The number of benzene rings is 2. The third-order valence-corrected chi connectivity index (χ3v) is 5.79. The number of furan rings is 1. The van der Waals surface area contributed by atoms with Crippen molar-refractivity contribution >= 4 is 38.9 Å². The number of hydrogen-bond donors (Lipinski definition) is 0. The molecule has 0 aliphatic rings. The van der Waals surface area contributed by atoms with E-state index < -0.39 is 11.7 Å². The Hall–Kier alpha value is -3.15. The first-order chi connectivity index (χ1) is 14.8. The predicted octanol–water partition coefficient (Wildman–Crippen LogP) is 7.92. The molecule has 0 aliphatic heterocycles. The molecule has 8 heteroatoms. The average molecular weight is 501 g/mol. The molecule has 0 radical (unpaired) electrons. The lowest BCUT2D eigenvalue weighted by atomic mass is 10.1. The van der Waals surface area contributed by atoms with Crippen molar-refractivity contribution in [2.24, 2.45) is 0 Å². The highest BCUT2D eigenvalue weighted by Crippen LogP contribution is 2.33. The molecule has 31 heavy (non-hydrogen) atoms. The Balaban J connectivity index is 1.61. The zero-order valence-corrected chi connectivity index (χ0v) is 18.1. The highest BCUT2D eigenvalue weighted by molar-refractivity contribution is 9.10. The molecule has 0 saturated carbocycles. The van der Waals surface area contributed by atoms with Crippen LogP contribution in [0.5, 0.6) is 0 Å². The molecule has 0 aliphatic carbocycles. The maximum absolute atomic E-state index is 13.0. The summed E-state index contributed by atoms with van der Waals surface area (Å²) in [5.41, 5.74) is 1.53. The second-order valence-corrected chi connectivity index (χ2v) is 8.27. The van der Waals surface area contributed by atoms with E-state index >= 15 is 0 Å². The minimum Gasteiger partial charge on any atom is -0.457 e. The van der Waals surface area contributed by atoms with E-state index in [9.17, 15) is 18.4 Å². The molecule has 2 aromatic heterocycles. The molecule has 154 valence electrons. The zero-order chi connectivity index (χ0) is 22.0. The SMILES string of the molecule is N#C/C(=C\c1ccc(-c2cccc(C(F)(F)F)c2)o1)c1nc(-c2ccc(Br)cc2)cs1. The van der Waals surface area contributed by atoms with E-state index in [1.54, 1.807) is 12.1 Å². The summed E-state index contributed by atoms with van der Waals surface area (Å²) in [5.74, 6) is 0.633. The number of nitrogens with zero attached hydrogens (tertiary/aromatic N) is 2. The average Bonchev–Trinajstić information content (AvgIpc) is 3.42. The van der Waals surface area contributed by atoms with E-state index in [-0.39, 0.29) is 5.76 Å². The van der Waals surface area contributed by atoms with E-state index in [0.29, 0.717) is 21.9 Å². The summed E-state index contributed by atoms with van der Waals surface area (Å²) >= 11 is 4.72. The Bertz CT molecular complexity index is 1300. The van der Waals surface area contributed by atoms with Crippen molar-refractivity contribution < 1.29 is 17.6 Å². The third kappa shape index (κ3) is 4.79. The summed E-state index contributed by atoms with van der Waals surface area (Å²) < 4.78 is 45.5. The van der Waals surface area contributed by atoms with Crippen LogP contribution >= 0.6 is 27.3 Å². The molecule has 3 nitrogen and oxygen atoms in total. The van der Waals surface area contributed by atoms with Gasteiger partial charge in [-0.2, -0.15) is 18.4 Å². The highest BCUT2D eigenvalue weighted by atomic mass is 79.9. The molecule has 4 aromatic rings. The van der Waals surface area contributed by atoms with Gasteiger partial charge in [-0.15, -0.1) is 11.3 Å². The minimum absolute atomic E-state index is 0.282. The van der Waals surface area contributed by atoms with E-state index in [2.05, 4.69) is 27.0 Å². The fourth-order valence-corrected chi connectivity index (χ4v) is 3.93. The summed E-state index contributed by atoms with van der Waals surface area (Å²) in [6, 6.07) is 17.9. The van der Waals surface area contributed by atoms with Crippen molar-refractivity contribution in [3.63, 3.8) is 0 Å². The van der Waals surface area contributed by atoms with Gasteiger partial charge in [0.15, 0.2) is 0 Å². The standard InChI is InChI=1S/C23H12BrF3N2OS/c24-18-6-4-14(5-7-18)20-13-31-22(29-20)16(12-28)11-19-8-9-21(30-19)15-2-1-3-17(10-15)23(25,26)27/h1-11,13H/b16-11+. The molecule has 0 amide bonds. The Morgan fingerprint density at radius 3 is 2.55 bits per heavy atom. The van der Waals surface area contributed by atoms with Crippen molar-refractivity contribution in [2.75, 3.05) is 0 Å². The van der Waals surface area contributed by atoms with E-state index in [4.69, 9.17) is 4.42 Å². The maximum atomic E-state index is 13.0. The van der Waals surface area contributed by atoms with Crippen LogP contribution in [0.25, 0.3) is 34.2 Å². The van der Waals surface area contributed by atoms with Crippen molar-refractivity contribution in [2.45, 2.75) is 6.18 Å². The monoisotopic (exact) mass is 500 g/mol. The van der Waals surface area contributed by atoms with Gasteiger partial charge in [-0.05, 0) is 36.4 Å². The first-order valence-corrected chi connectivity index (χ1v) is 10.6. The summed E-state index contributed by atoms with van der Waals surface area (Å²) in [4.78, 5) is 4.53. The van der Waals surface area contributed by atoms with Crippen LogP contribution < -0.4 is 0 Å². The normalized spacial score (nSPS) is 12.0. The van der Waals surface area contributed by atoms with Crippen LogP contribution in [0.4, 0.5) is 13.2 Å².